The highest BCUT2D eigenvalue weighted by Crippen LogP contribution is 2.44. The second-order valence-corrected chi connectivity index (χ2v) is 10.6. The number of benzene rings is 2. The molecule has 160 valence electrons. The Balaban J connectivity index is 1.68. The average molecular weight is 445 g/mol. The minimum atomic E-state index is -0.593. The largest absolute Gasteiger partial charge is 0.469 e. The minimum absolute atomic E-state index is 0.302. The number of carbonyl (C=O) groups excluding carboxylic acids is 2. The summed E-state index contributed by atoms with van der Waals surface area (Å²) in [6, 6.07) is 20.3. The summed E-state index contributed by atoms with van der Waals surface area (Å²) in [7, 11) is 1.38. The van der Waals surface area contributed by atoms with Crippen LogP contribution in [0, 0.1) is 11.8 Å². The highest BCUT2D eigenvalue weighted by Gasteiger charge is 2.55. The van der Waals surface area contributed by atoms with Gasteiger partial charge in [0, 0.05) is 22.0 Å². The molecule has 0 amide bonds. The summed E-state index contributed by atoms with van der Waals surface area (Å²) < 4.78 is 10.4. The molecule has 3 rings (SSSR count). The predicted octanol–water partition coefficient (Wildman–Crippen LogP) is 4.96. The van der Waals surface area contributed by atoms with Crippen molar-refractivity contribution < 1.29 is 19.1 Å². The molecule has 1 aliphatic heterocycles. The normalized spacial score (nSPS) is 21.3. The average Bonchev–Trinajstić information content (AvgIpc) is 3.10. The molecule has 0 bridgehead atoms. The highest BCUT2D eigenvalue weighted by atomic mass is 32.2. The lowest BCUT2D eigenvalue weighted by molar-refractivity contribution is -0.148. The van der Waals surface area contributed by atoms with Gasteiger partial charge < -0.3 is 9.47 Å². The molecule has 1 saturated heterocycles. The van der Waals surface area contributed by atoms with E-state index >= 15 is 0 Å². The van der Waals surface area contributed by atoms with Crippen LogP contribution in [-0.2, 0) is 30.6 Å². The molecule has 30 heavy (non-hydrogen) atoms. The first-order chi connectivity index (χ1) is 14.4. The van der Waals surface area contributed by atoms with E-state index in [0.717, 1.165) is 11.5 Å². The minimum Gasteiger partial charge on any atom is -0.469 e. The van der Waals surface area contributed by atoms with Crippen LogP contribution in [0.2, 0.25) is 0 Å². The summed E-state index contributed by atoms with van der Waals surface area (Å²) >= 11 is 3.34. The molecule has 0 aliphatic carbocycles. The van der Waals surface area contributed by atoms with Crippen molar-refractivity contribution in [2.24, 2.45) is 11.8 Å². The molecule has 0 spiro atoms. The van der Waals surface area contributed by atoms with Gasteiger partial charge in [-0.2, -0.15) is 11.8 Å². The van der Waals surface area contributed by atoms with Crippen molar-refractivity contribution in [3.8, 4) is 0 Å². The second-order valence-electron chi connectivity index (χ2n) is 7.89. The summed E-state index contributed by atoms with van der Waals surface area (Å²) in [5.74, 6) is 0.341. The topological polar surface area (TPSA) is 52.6 Å². The summed E-state index contributed by atoms with van der Waals surface area (Å²) in [5.41, 5.74) is 2.39. The summed E-state index contributed by atoms with van der Waals surface area (Å²) in [5, 5.41) is 0. The molecule has 2 aromatic rings. The van der Waals surface area contributed by atoms with Gasteiger partial charge in [-0.15, -0.1) is 11.8 Å². The Morgan fingerprint density at radius 3 is 2.13 bits per heavy atom. The number of thioether (sulfide) groups is 2. The quantitative estimate of drug-likeness (QED) is 0.510. The van der Waals surface area contributed by atoms with Crippen molar-refractivity contribution in [1.82, 2.24) is 0 Å². The van der Waals surface area contributed by atoms with Crippen LogP contribution in [0.3, 0.4) is 0 Å². The Morgan fingerprint density at radius 2 is 1.57 bits per heavy atom. The van der Waals surface area contributed by atoms with Gasteiger partial charge in [0.2, 0.25) is 0 Å². The van der Waals surface area contributed by atoms with Crippen LogP contribution in [0.5, 0.6) is 0 Å². The lowest BCUT2D eigenvalue weighted by Crippen LogP contribution is -2.43. The summed E-state index contributed by atoms with van der Waals surface area (Å²) in [6.45, 7) is 4.07. The molecule has 0 radical (unpaired) electrons. The van der Waals surface area contributed by atoms with Crippen molar-refractivity contribution in [2.45, 2.75) is 36.2 Å². The van der Waals surface area contributed by atoms with Gasteiger partial charge in [-0.3, -0.25) is 9.59 Å². The molecular formula is C24H28O4S2. The lowest BCUT2D eigenvalue weighted by Gasteiger charge is -2.33. The maximum Gasteiger partial charge on any atom is 0.313 e. The van der Waals surface area contributed by atoms with Gasteiger partial charge in [0.05, 0.1) is 13.0 Å². The number of hydrogen-bond acceptors (Lipinski definition) is 6. The van der Waals surface area contributed by atoms with Gasteiger partial charge in [-0.05, 0) is 25.0 Å². The number of methoxy groups -OCH3 is 1. The Labute approximate surface area is 187 Å². The monoisotopic (exact) mass is 444 g/mol. The van der Waals surface area contributed by atoms with Gasteiger partial charge in [-0.25, -0.2) is 0 Å². The van der Waals surface area contributed by atoms with Crippen LogP contribution in [-0.4, -0.2) is 35.7 Å². The SMILES string of the molecule is COC(=O)C1C(CSCc2ccccc2)C(=O)OC1C(C)(C)SCc1ccccc1. The Bertz CT molecular complexity index is 839. The van der Waals surface area contributed by atoms with E-state index < -0.39 is 22.7 Å². The zero-order chi connectivity index (χ0) is 21.6. The molecule has 1 aliphatic rings. The molecule has 0 saturated carbocycles. The third-order valence-electron chi connectivity index (χ3n) is 5.33. The standard InChI is InChI=1S/C24H28O4S2/c1-24(2,30-15-18-12-8-5-9-13-18)21-20(23(26)27-3)19(22(25)28-21)16-29-14-17-10-6-4-7-11-17/h4-13,19-21H,14-16H2,1-3H3. The van der Waals surface area contributed by atoms with E-state index in [9.17, 15) is 9.59 Å². The maximum absolute atomic E-state index is 12.7. The number of ether oxygens (including phenoxy) is 2. The molecule has 4 nitrogen and oxygen atoms in total. The van der Waals surface area contributed by atoms with E-state index in [1.807, 2.05) is 50.2 Å². The number of hydrogen-bond donors (Lipinski definition) is 0. The second kappa shape index (κ2) is 10.4. The van der Waals surface area contributed by atoms with Crippen LogP contribution in [0.15, 0.2) is 60.7 Å². The number of carbonyl (C=O) groups is 2. The zero-order valence-electron chi connectivity index (χ0n) is 17.6. The first-order valence-electron chi connectivity index (χ1n) is 10.0. The van der Waals surface area contributed by atoms with Crippen molar-refractivity contribution in [2.75, 3.05) is 12.9 Å². The third-order valence-corrected chi connectivity index (χ3v) is 7.91. The van der Waals surface area contributed by atoms with Gasteiger partial charge >= 0.3 is 11.9 Å². The molecule has 6 heteroatoms. The van der Waals surface area contributed by atoms with E-state index in [-0.39, 0.29) is 11.9 Å². The molecule has 1 heterocycles. The van der Waals surface area contributed by atoms with Gasteiger partial charge in [0.25, 0.3) is 0 Å². The fraction of sp³-hybridized carbons (Fsp3) is 0.417. The van der Waals surface area contributed by atoms with E-state index in [0.29, 0.717) is 5.75 Å². The van der Waals surface area contributed by atoms with Crippen molar-refractivity contribution in [3.63, 3.8) is 0 Å². The molecule has 0 N–H and O–H groups in total. The van der Waals surface area contributed by atoms with Crippen LogP contribution < -0.4 is 0 Å². The molecule has 2 aromatic carbocycles. The maximum atomic E-state index is 12.7. The molecule has 3 unspecified atom stereocenters. The van der Waals surface area contributed by atoms with E-state index in [4.69, 9.17) is 9.47 Å². The van der Waals surface area contributed by atoms with Crippen LogP contribution in [0.25, 0.3) is 0 Å². The van der Waals surface area contributed by atoms with Crippen LogP contribution >= 0.6 is 23.5 Å². The fourth-order valence-electron chi connectivity index (χ4n) is 3.62. The highest BCUT2D eigenvalue weighted by molar-refractivity contribution is 7.99. The van der Waals surface area contributed by atoms with Crippen LogP contribution in [0.4, 0.5) is 0 Å². The van der Waals surface area contributed by atoms with E-state index in [2.05, 4.69) is 24.3 Å². The van der Waals surface area contributed by atoms with Gasteiger partial charge in [0.15, 0.2) is 0 Å². The van der Waals surface area contributed by atoms with Gasteiger partial charge in [-0.1, -0.05) is 60.7 Å². The van der Waals surface area contributed by atoms with Crippen molar-refractivity contribution in [3.05, 3.63) is 71.8 Å². The van der Waals surface area contributed by atoms with E-state index in [1.165, 1.54) is 18.2 Å². The summed E-state index contributed by atoms with van der Waals surface area (Å²) in [4.78, 5) is 25.4. The molecule has 1 fully saturated rings. The van der Waals surface area contributed by atoms with Crippen LogP contribution in [0.1, 0.15) is 25.0 Å². The Morgan fingerprint density at radius 1 is 1.00 bits per heavy atom. The first kappa shape index (κ1) is 22.8. The number of rotatable bonds is 9. The third kappa shape index (κ3) is 5.61. The Kier molecular flexibility index (Phi) is 7.89. The smallest absolute Gasteiger partial charge is 0.313 e. The first-order valence-corrected chi connectivity index (χ1v) is 12.1. The molecule has 3 atom stereocenters. The number of cyclic esters (lactones) is 1. The fourth-order valence-corrected chi connectivity index (χ4v) is 5.85. The summed E-state index contributed by atoms with van der Waals surface area (Å²) in [6.07, 6.45) is -0.520. The van der Waals surface area contributed by atoms with Gasteiger partial charge in [0.1, 0.15) is 12.0 Å². The molecule has 0 aromatic heterocycles. The predicted molar refractivity (Wildman–Crippen MR) is 123 cm³/mol. The lowest BCUT2D eigenvalue weighted by atomic mass is 9.86. The molecular weight excluding hydrogens is 416 g/mol. The number of esters is 2. The Hall–Kier alpha value is -1.92. The zero-order valence-corrected chi connectivity index (χ0v) is 19.2. The van der Waals surface area contributed by atoms with E-state index in [1.54, 1.807) is 23.5 Å². The van der Waals surface area contributed by atoms with Crippen molar-refractivity contribution in [1.29, 1.82) is 0 Å². The van der Waals surface area contributed by atoms with Crippen molar-refractivity contribution >= 4 is 35.5 Å².